The van der Waals surface area contributed by atoms with Gasteiger partial charge in [0.2, 0.25) is 5.95 Å². The minimum absolute atomic E-state index is 0.0896. The maximum absolute atomic E-state index is 13.6. The number of imidazole rings is 1. The first-order valence-corrected chi connectivity index (χ1v) is 12.4. The summed E-state index contributed by atoms with van der Waals surface area (Å²) in [4.78, 5) is 38.4. The molecule has 0 spiro atoms. The molecule has 200 valence electrons. The van der Waals surface area contributed by atoms with E-state index in [-0.39, 0.29) is 17.1 Å². The van der Waals surface area contributed by atoms with E-state index in [0.29, 0.717) is 22.6 Å². The number of benzene rings is 3. The predicted molar refractivity (Wildman–Crippen MR) is 151 cm³/mol. The normalized spacial score (nSPS) is 16.7. The molecule has 1 aromatic heterocycles. The van der Waals surface area contributed by atoms with Crippen molar-refractivity contribution in [2.75, 3.05) is 38.1 Å². The van der Waals surface area contributed by atoms with E-state index in [1.54, 1.807) is 18.2 Å². The molecule has 1 saturated heterocycles. The Morgan fingerprint density at radius 2 is 1.59 bits per heavy atom. The van der Waals surface area contributed by atoms with Crippen LogP contribution in [0, 0.1) is 13.8 Å². The van der Waals surface area contributed by atoms with Crippen molar-refractivity contribution in [3.05, 3.63) is 82.4 Å². The summed E-state index contributed by atoms with van der Waals surface area (Å²) in [6.07, 6.45) is 0. The average molecular weight is 527 g/mol. The van der Waals surface area contributed by atoms with E-state index in [2.05, 4.69) is 9.97 Å². The molecule has 1 aliphatic heterocycles. The number of rotatable bonds is 6. The van der Waals surface area contributed by atoms with E-state index < -0.39 is 23.5 Å². The number of Topliss-reactive ketones (excluding diaryl/α,β-unsaturated/α-hetero) is 1. The van der Waals surface area contributed by atoms with Crippen molar-refractivity contribution in [3.8, 4) is 11.5 Å². The van der Waals surface area contributed by atoms with Crippen LogP contribution in [0.2, 0.25) is 0 Å². The highest BCUT2D eigenvalue weighted by molar-refractivity contribution is 6.51. The van der Waals surface area contributed by atoms with E-state index >= 15 is 0 Å². The highest BCUT2D eigenvalue weighted by Crippen LogP contribution is 2.45. The van der Waals surface area contributed by atoms with Crippen molar-refractivity contribution in [1.82, 2.24) is 9.97 Å². The topological polar surface area (TPSA) is 108 Å². The van der Waals surface area contributed by atoms with E-state index in [4.69, 9.17) is 9.47 Å². The quantitative estimate of drug-likeness (QED) is 0.209. The van der Waals surface area contributed by atoms with Gasteiger partial charge < -0.3 is 24.5 Å². The number of ether oxygens (including phenoxy) is 2. The van der Waals surface area contributed by atoms with Crippen LogP contribution in [0.15, 0.2) is 60.2 Å². The van der Waals surface area contributed by atoms with Crippen LogP contribution in [0.4, 0.5) is 11.6 Å². The van der Waals surface area contributed by atoms with Gasteiger partial charge in [0.05, 0.1) is 36.9 Å². The number of carbonyl (C=O) groups is 2. The molecular formula is C30H30N4O5. The molecule has 9 heteroatoms. The van der Waals surface area contributed by atoms with Crippen molar-refractivity contribution in [1.29, 1.82) is 0 Å². The molecule has 0 radical (unpaired) electrons. The van der Waals surface area contributed by atoms with Crippen LogP contribution in [0.3, 0.4) is 0 Å². The summed E-state index contributed by atoms with van der Waals surface area (Å²) in [5.41, 5.74) is 5.20. The average Bonchev–Trinajstić information content (AvgIpc) is 3.45. The SMILES string of the molecule is COc1cccc(OC)c1/C(O)=C1\C(=O)C(=O)N(c2nc3cc(C)c(C)cc3[nH]2)C1c1ccc(N(C)C)cc1. The number of carbonyl (C=O) groups excluding carboxylic acids is 2. The third-order valence-electron chi connectivity index (χ3n) is 7.15. The molecule has 1 aliphatic rings. The highest BCUT2D eigenvalue weighted by atomic mass is 16.5. The summed E-state index contributed by atoms with van der Waals surface area (Å²) in [6.45, 7) is 3.98. The van der Waals surface area contributed by atoms with Gasteiger partial charge in [0.15, 0.2) is 0 Å². The van der Waals surface area contributed by atoms with Crippen molar-refractivity contribution in [3.63, 3.8) is 0 Å². The maximum Gasteiger partial charge on any atom is 0.302 e. The smallest absolute Gasteiger partial charge is 0.302 e. The maximum atomic E-state index is 13.6. The molecular weight excluding hydrogens is 496 g/mol. The van der Waals surface area contributed by atoms with Gasteiger partial charge in [-0.3, -0.25) is 14.5 Å². The van der Waals surface area contributed by atoms with Gasteiger partial charge in [-0.25, -0.2) is 4.98 Å². The number of aliphatic hydroxyl groups is 1. The number of nitrogens with one attached hydrogen (secondary N) is 1. The van der Waals surface area contributed by atoms with Crippen LogP contribution < -0.4 is 19.3 Å². The monoisotopic (exact) mass is 526 g/mol. The Hall–Kier alpha value is -4.79. The third-order valence-corrected chi connectivity index (χ3v) is 7.15. The van der Waals surface area contributed by atoms with Crippen LogP contribution in [0.25, 0.3) is 16.8 Å². The number of fused-ring (bicyclic) bond motifs is 1. The molecule has 4 aromatic rings. The number of methoxy groups -OCH3 is 2. The molecule has 1 amide bonds. The fourth-order valence-corrected chi connectivity index (χ4v) is 4.91. The number of aryl methyl sites for hydroxylation is 2. The van der Waals surface area contributed by atoms with Gasteiger partial charge in [-0.15, -0.1) is 0 Å². The zero-order valence-electron chi connectivity index (χ0n) is 22.7. The van der Waals surface area contributed by atoms with Crippen LogP contribution in [-0.2, 0) is 9.59 Å². The Morgan fingerprint density at radius 3 is 2.18 bits per heavy atom. The van der Waals surface area contributed by atoms with Crippen LogP contribution in [0.1, 0.15) is 28.3 Å². The highest BCUT2D eigenvalue weighted by Gasteiger charge is 2.48. The van der Waals surface area contributed by atoms with Crippen molar-refractivity contribution in [2.24, 2.45) is 0 Å². The number of anilines is 2. The lowest BCUT2D eigenvalue weighted by Gasteiger charge is -2.24. The largest absolute Gasteiger partial charge is 0.506 e. The summed E-state index contributed by atoms with van der Waals surface area (Å²) in [5, 5.41) is 11.7. The first kappa shape index (κ1) is 25.8. The Kier molecular flexibility index (Phi) is 6.51. The number of H-pyrrole nitrogens is 1. The van der Waals surface area contributed by atoms with Crippen molar-refractivity contribution in [2.45, 2.75) is 19.9 Å². The minimum atomic E-state index is -0.960. The number of aromatic amines is 1. The molecule has 1 atom stereocenters. The first-order chi connectivity index (χ1) is 18.7. The summed E-state index contributed by atoms with van der Waals surface area (Å²) < 4.78 is 11.0. The Bertz CT molecular complexity index is 1570. The fourth-order valence-electron chi connectivity index (χ4n) is 4.91. The Morgan fingerprint density at radius 1 is 0.974 bits per heavy atom. The molecule has 1 unspecified atom stereocenters. The number of aliphatic hydroxyl groups excluding tert-OH is 1. The predicted octanol–water partition coefficient (Wildman–Crippen LogP) is 4.89. The zero-order valence-corrected chi connectivity index (χ0v) is 22.7. The molecule has 0 aliphatic carbocycles. The molecule has 0 saturated carbocycles. The number of aromatic nitrogens is 2. The van der Waals surface area contributed by atoms with Gasteiger partial charge >= 0.3 is 5.91 Å². The van der Waals surface area contributed by atoms with E-state index in [1.807, 2.05) is 69.2 Å². The van der Waals surface area contributed by atoms with E-state index in [0.717, 1.165) is 22.3 Å². The van der Waals surface area contributed by atoms with Gasteiger partial charge in [0.1, 0.15) is 22.8 Å². The molecule has 0 bridgehead atoms. The van der Waals surface area contributed by atoms with Gasteiger partial charge in [0.25, 0.3) is 5.78 Å². The molecule has 2 N–H and O–H groups in total. The van der Waals surface area contributed by atoms with Crippen molar-refractivity contribution < 1.29 is 24.2 Å². The molecule has 5 rings (SSSR count). The van der Waals surface area contributed by atoms with Crippen LogP contribution in [0.5, 0.6) is 11.5 Å². The zero-order chi connectivity index (χ0) is 28.0. The minimum Gasteiger partial charge on any atom is -0.506 e. The number of ketones is 1. The Labute approximate surface area is 226 Å². The number of hydrogen-bond donors (Lipinski definition) is 2. The van der Waals surface area contributed by atoms with E-state index in [9.17, 15) is 14.7 Å². The van der Waals surface area contributed by atoms with Gasteiger partial charge in [0, 0.05) is 19.8 Å². The third kappa shape index (κ3) is 4.25. The van der Waals surface area contributed by atoms with Gasteiger partial charge in [-0.05, 0) is 66.9 Å². The number of hydrogen-bond acceptors (Lipinski definition) is 7. The molecule has 1 fully saturated rings. The second kappa shape index (κ2) is 9.83. The van der Waals surface area contributed by atoms with Crippen LogP contribution in [-0.4, -0.2) is 55.1 Å². The van der Waals surface area contributed by atoms with E-state index in [1.165, 1.54) is 19.1 Å². The lowest BCUT2D eigenvalue weighted by molar-refractivity contribution is -0.132. The Balaban J connectivity index is 1.77. The molecule has 3 aromatic carbocycles. The molecule has 2 heterocycles. The summed E-state index contributed by atoms with van der Waals surface area (Å²) in [7, 11) is 6.76. The lowest BCUT2D eigenvalue weighted by atomic mass is 9.94. The number of nitrogens with zero attached hydrogens (tertiary/aromatic N) is 3. The van der Waals surface area contributed by atoms with Crippen molar-refractivity contribution >= 4 is 40.1 Å². The fraction of sp³-hybridized carbons (Fsp3) is 0.233. The molecule has 39 heavy (non-hydrogen) atoms. The van der Waals surface area contributed by atoms with Gasteiger partial charge in [-0.2, -0.15) is 0 Å². The summed E-state index contributed by atoms with van der Waals surface area (Å²) in [5.74, 6) is -1.22. The second-order valence-electron chi connectivity index (χ2n) is 9.71. The number of amides is 1. The van der Waals surface area contributed by atoms with Crippen LogP contribution >= 0.6 is 0 Å². The molecule has 9 nitrogen and oxygen atoms in total. The van der Waals surface area contributed by atoms with Gasteiger partial charge in [-0.1, -0.05) is 18.2 Å². The first-order valence-electron chi connectivity index (χ1n) is 12.4. The lowest BCUT2D eigenvalue weighted by Crippen LogP contribution is -2.30. The summed E-state index contributed by atoms with van der Waals surface area (Å²) >= 11 is 0. The standard InChI is InChI=1S/C30H30N4O5/c1-16-14-20-21(15-17(16)2)32-30(31-20)34-26(18-10-12-19(13-11-18)33(3)4)25(28(36)29(34)37)27(35)24-22(38-5)8-7-9-23(24)39-6/h7-15,26,35H,1-6H3,(H,31,32)/b27-25+. The second-order valence-corrected chi connectivity index (χ2v) is 9.71. The summed E-state index contributed by atoms with van der Waals surface area (Å²) in [6, 6.07) is 15.4.